The molecule has 0 aliphatic heterocycles. The number of carbonyl (C=O) groups is 2. The minimum atomic E-state index is -1.70. The fraction of sp³-hybridized carbons (Fsp3) is 0.222. The van der Waals surface area contributed by atoms with Crippen LogP contribution in [0.4, 0.5) is 24.5 Å². The molecule has 0 aliphatic rings. The first-order chi connectivity index (χ1) is 13.2. The van der Waals surface area contributed by atoms with Crippen LogP contribution in [0.5, 0.6) is 5.75 Å². The average Bonchev–Trinajstić information content (AvgIpc) is 2.67. The van der Waals surface area contributed by atoms with Crippen molar-refractivity contribution < 1.29 is 27.5 Å². The van der Waals surface area contributed by atoms with Gasteiger partial charge in [-0.1, -0.05) is 11.6 Å². The normalized spacial score (nSPS) is 10.4. The second-order valence-electron chi connectivity index (χ2n) is 5.70. The maximum absolute atomic E-state index is 13.5. The molecule has 2 rings (SSSR count). The van der Waals surface area contributed by atoms with Crippen molar-refractivity contribution in [2.75, 3.05) is 30.8 Å². The van der Waals surface area contributed by atoms with Gasteiger partial charge in [0.2, 0.25) is 11.8 Å². The summed E-state index contributed by atoms with van der Waals surface area (Å²) >= 11 is 6.01. The summed E-state index contributed by atoms with van der Waals surface area (Å²) in [4.78, 5) is 23.6. The minimum Gasteiger partial charge on any atom is -0.495 e. The molecule has 0 bridgehead atoms. The number of aryl methyl sites for hydroxylation is 1. The molecule has 0 aromatic heterocycles. The molecule has 0 saturated carbocycles. The van der Waals surface area contributed by atoms with Crippen molar-refractivity contribution in [3.05, 3.63) is 52.3 Å². The number of ether oxygens (including phenoxy) is 1. The molecule has 0 saturated heterocycles. The van der Waals surface area contributed by atoms with E-state index in [1.807, 2.05) is 5.32 Å². The number of hydrogen-bond donors (Lipinski definition) is 3. The van der Waals surface area contributed by atoms with Gasteiger partial charge in [0.1, 0.15) is 5.75 Å². The van der Waals surface area contributed by atoms with Gasteiger partial charge in [-0.05, 0) is 30.7 Å². The second-order valence-corrected chi connectivity index (χ2v) is 6.11. The molecule has 150 valence electrons. The number of methoxy groups -OCH3 is 1. The molecule has 0 heterocycles. The van der Waals surface area contributed by atoms with Crippen molar-refractivity contribution in [1.29, 1.82) is 0 Å². The quantitative estimate of drug-likeness (QED) is 0.607. The molecule has 0 radical (unpaired) electrons. The number of benzene rings is 2. The van der Waals surface area contributed by atoms with Gasteiger partial charge in [0.25, 0.3) is 0 Å². The summed E-state index contributed by atoms with van der Waals surface area (Å²) in [7, 11) is 1.45. The fourth-order valence-electron chi connectivity index (χ4n) is 2.20. The lowest BCUT2D eigenvalue weighted by molar-refractivity contribution is -0.122. The van der Waals surface area contributed by atoms with Crippen molar-refractivity contribution in [3.8, 4) is 5.75 Å². The van der Waals surface area contributed by atoms with Gasteiger partial charge in [-0.2, -0.15) is 0 Å². The molecule has 28 heavy (non-hydrogen) atoms. The Hall–Kier alpha value is -2.94. The van der Waals surface area contributed by atoms with Crippen LogP contribution in [0.25, 0.3) is 0 Å². The molecular formula is C18H17ClF3N3O3. The molecule has 0 aliphatic carbocycles. The average molecular weight is 416 g/mol. The number of hydrogen-bond acceptors (Lipinski definition) is 4. The van der Waals surface area contributed by atoms with Crippen molar-refractivity contribution in [2.24, 2.45) is 0 Å². The monoisotopic (exact) mass is 415 g/mol. The first kappa shape index (κ1) is 21.4. The number of carbonyl (C=O) groups excluding carboxylic acids is 2. The number of anilines is 2. The Morgan fingerprint density at radius 2 is 1.75 bits per heavy atom. The summed E-state index contributed by atoms with van der Waals surface area (Å²) in [6.07, 6.45) is 0. The van der Waals surface area contributed by atoms with E-state index in [0.717, 1.165) is 11.6 Å². The summed E-state index contributed by atoms with van der Waals surface area (Å²) in [5.41, 5.74) is 0.781. The van der Waals surface area contributed by atoms with Gasteiger partial charge in [-0.15, -0.1) is 0 Å². The van der Waals surface area contributed by atoms with Crippen LogP contribution in [-0.2, 0) is 9.59 Å². The van der Waals surface area contributed by atoms with Gasteiger partial charge in [-0.3, -0.25) is 9.59 Å². The number of rotatable bonds is 7. The van der Waals surface area contributed by atoms with E-state index in [2.05, 4.69) is 10.6 Å². The third-order valence-corrected chi connectivity index (χ3v) is 4.08. The molecule has 0 atom stereocenters. The van der Waals surface area contributed by atoms with Crippen LogP contribution in [0, 0.1) is 24.4 Å². The molecule has 0 spiro atoms. The van der Waals surface area contributed by atoms with Crippen molar-refractivity contribution in [3.63, 3.8) is 0 Å². The van der Waals surface area contributed by atoms with E-state index in [0.29, 0.717) is 22.5 Å². The van der Waals surface area contributed by atoms with Crippen LogP contribution in [0.3, 0.4) is 0 Å². The summed E-state index contributed by atoms with van der Waals surface area (Å²) in [5, 5.41) is 7.72. The highest BCUT2D eigenvalue weighted by molar-refractivity contribution is 6.31. The lowest BCUT2D eigenvalue weighted by Crippen LogP contribution is -2.36. The Balaban J connectivity index is 1.87. The van der Waals surface area contributed by atoms with Crippen LogP contribution in [-0.4, -0.2) is 32.0 Å². The van der Waals surface area contributed by atoms with E-state index in [1.54, 1.807) is 19.1 Å². The topological polar surface area (TPSA) is 79.5 Å². The predicted octanol–water partition coefficient (Wildman–Crippen LogP) is 3.24. The molecule has 2 amide bonds. The Bertz CT molecular complexity index is 909. The van der Waals surface area contributed by atoms with Crippen LogP contribution >= 0.6 is 11.6 Å². The second kappa shape index (κ2) is 9.32. The highest BCUT2D eigenvalue weighted by Gasteiger charge is 2.15. The Kier molecular flexibility index (Phi) is 7.11. The van der Waals surface area contributed by atoms with E-state index in [1.165, 1.54) is 7.11 Å². The number of halogens is 4. The maximum atomic E-state index is 13.5. The predicted molar refractivity (Wildman–Crippen MR) is 99.2 cm³/mol. The maximum Gasteiger partial charge on any atom is 0.243 e. The number of nitrogens with one attached hydrogen (secondary N) is 3. The molecule has 6 nitrogen and oxygen atoms in total. The standard InChI is InChI=1S/C18H17ClF3N3O3/c1-9-5-13(14(28-2)6-10(9)19)23-7-15(26)24-8-16(27)25-12-4-3-11(20)17(21)18(12)22/h3-6,23H,7-8H2,1-2H3,(H,24,26)(H,25,27). The van der Waals surface area contributed by atoms with E-state index in [9.17, 15) is 22.8 Å². The molecule has 3 N–H and O–H groups in total. The van der Waals surface area contributed by atoms with Gasteiger partial charge >= 0.3 is 0 Å². The lowest BCUT2D eigenvalue weighted by atomic mass is 10.2. The van der Waals surface area contributed by atoms with Crippen molar-refractivity contribution in [2.45, 2.75) is 6.92 Å². The zero-order valence-corrected chi connectivity index (χ0v) is 15.7. The first-order valence-corrected chi connectivity index (χ1v) is 8.38. The number of amides is 2. The van der Waals surface area contributed by atoms with Crippen LogP contribution < -0.4 is 20.7 Å². The summed E-state index contributed by atoms with van der Waals surface area (Å²) in [5.74, 6) is -5.49. The largest absolute Gasteiger partial charge is 0.495 e. The van der Waals surface area contributed by atoms with E-state index in [-0.39, 0.29) is 6.54 Å². The molecule has 0 fully saturated rings. The van der Waals surface area contributed by atoms with Gasteiger partial charge in [0.15, 0.2) is 17.5 Å². The van der Waals surface area contributed by atoms with Crippen LogP contribution in [0.1, 0.15) is 5.56 Å². The van der Waals surface area contributed by atoms with E-state index in [4.69, 9.17) is 16.3 Å². The summed E-state index contributed by atoms with van der Waals surface area (Å²) < 4.78 is 44.7. The zero-order chi connectivity index (χ0) is 20.8. The SMILES string of the molecule is COc1cc(Cl)c(C)cc1NCC(=O)NCC(=O)Nc1ccc(F)c(F)c1F. The molecule has 2 aromatic carbocycles. The molecule has 10 heteroatoms. The van der Waals surface area contributed by atoms with Crippen LogP contribution in [0.2, 0.25) is 5.02 Å². The van der Waals surface area contributed by atoms with Gasteiger partial charge in [0.05, 0.1) is 31.6 Å². The Morgan fingerprint density at radius 3 is 2.43 bits per heavy atom. The summed E-state index contributed by atoms with van der Waals surface area (Å²) in [6, 6.07) is 4.86. The molecular weight excluding hydrogens is 399 g/mol. The highest BCUT2D eigenvalue weighted by Crippen LogP contribution is 2.30. The fourth-order valence-corrected chi connectivity index (χ4v) is 2.36. The van der Waals surface area contributed by atoms with E-state index < -0.39 is 41.5 Å². The van der Waals surface area contributed by atoms with Gasteiger partial charge in [0, 0.05) is 11.1 Å². The van der Waals surface area contributed by atoms with Crippen LogP contribution in [0.15, 0.2) is 24.3 Å². The first-order valence-electron chi connectivity index (χ1n) is 8.01. The van der Waals surface area contributed by atoms with E-state index >= 15 is 0 Å². The minimum absolute atomic E-state index is 0.176. The summed E-state index contributed by atoms with van der Waals surface area (Å²) in [6.45, 7) is 1.12. The lowest BCUT2D eigenvalue weighted by Gasteiger charge is -2.13. The third-order valence-electron chi connectivity index (χ3n) is 3.68. The molecule has 0 unspecified atom stereocenters. The van der Waals surface area contributed by atoms with Crippen molar-refractivity contribution >= 4 is 34.8 Å². The third kappa shape index (κ3) is 5.29. The zero-order valence-electron chi connectivity index (χ0n) is 15.0. The van der Waals surface area contributed by atoms with Gasteiger partial charge in [-0.25, -0.2) is 13.2 Å². The molecule has 2 aromatic rings. The Morgan fingerprint density at radius 1 is 1.04 bits per heavy atom. The highest BCUT2D eigenvalue weighted by atomic mass is 35.5. The van der Waals surface area contributed by atoms with Gasteiger partial charge < -0.3 is 20.7 Å². The smallest absolute Gasteiger partial charge is 0.243 e. The van der Waals surface area contributed by atoms with Crippen molar-refractivity contribution in [1.82, 2.24) is 5.32 Å². The Labute approximate surface area is 164 Å².